The maximum Gasteiger partial charge on any atom is 0.290 e. The number of carbonyl (C=O) groups is 3. The zero-order valence-corrected chi connectivity index (χ0v) is 18.7. The molecule has 2 saturated carbocycles. The predicted molar refractivity (Wildman–Crippen MR) is 118 cm³/mol. The van der Waals surface area contributed by atoms with Gasteiger partial charge in [-0.05, 0) is 63.0 Å². The molecule has 1 spiro atoms. The molecule has 32 heavy (non-hydrogen) atoms. The highest BCUT2D eigenvalue weighted by Crippen LogP contribution is 2.46. The third-order valence-electron chi connectivity index (χ3n) is 7.20. The van der Waals surface area contributed by atoms with Crippen molar-refractivity contribution in [1.29, 1.82) is 0 Å². The number of carbonyl (C=O) groups excluding carboxylic acids is 2. The van der Waals surface area contributed by atoms with E-state index in [-0.39, 0.29) is 48.4 Å². The van der Waals surface area contributed by atoms with Gasteiger partial charge in [0.25, 0.3) is 12.4 Å². The third kappa shape index (κ3) is 5.79. The molecule has 0 aromatic heterocycles. The average Bonchev–Trinajstić information content (AvgIpc) is 3.13. The highest BCUT2D eigenvalue weighted by molar-refractivity contribution is 5.80. The monoisotopic (exact) mass is 446 g/mol. The molecule has 1 aliphatic heterocycles. The van der Waals surface area contributed by atoms with E-state index in [2.05, 4.69) is 5.32 Å². The van der Waals surface area contributed by atoms with Crippen LogP contribution < -0.4 is 10.1 Å². The number of hydrogen-bond acceptors (Lipinski definition) is 5. The van der Waals surface area contributed by atoms with Gasteiger partial charge in [0.15, 0.2) is 6.61 Å². The first-order chi connectivity index (χ1) is 15.4. The summed E-state index contributed by atoms with van der Waals surface area (Å²) in [7, 11) is 0. The molecule has 3 N–H and O–H groups in total. The zero-order chi connectivity index (χ0) is 23.1. The smallest absolute Gasteiger partial charge is 0.290 e. The van der Waals surface area contributed by atoms with Gasteiger partial charge in [-0.3, -0.25) is 14.4 Å². The average molecular weight is 447 g/mol. The molecular formula is C24H34N2O6. The molecule has 1 aromatic carbocycles. The van der Waals surface area contributed by atoms with Crippen molar-refractivity contribution in [3.8, 4) is 5.75 Å². The van der Waals surface area contributed by atoms with Gasteiger partial charge in [-0.25, -0.2) is 0 Å². The van der Waals surface area contributed by atoms with Crippen molar-refractivity contribution in [2.45, 2.75) is 64.0 Å². The summed E-state index contributed by atoms with van der Waals surface area (Å²) in [4.78, 5) is 35.3. The van der Waals surface area contributed by atoms with Crippen LogP contribution in [-0.2, 0) is 14.4 Å². The summed E-state index contributed by atoms with van der Waals surface area (Å²) in [6.07, 6.45) is 6.01. The number of aliphatic hydroxyl groups is 1. The molecule has 1 aromatic rings. The number of ether oxygens (including phenoxy) is 1. The van der Waals surface area contributed by atoms with E-state index >= 15 is 0 Å². The van der Waals surface area contributed by atoms with Crippen molar-refractivity contribution in [2.24, 2.45) is 11.3 Å². The lowest BCUT2D eigenvalue weighted by Crippen LogP contribution is -2.54. The van der Waals surface area contributed by atoms with Crippen LogP contribution in [-0.4, -0.2) is 65.2 Å². The van der Waals surface area contributed by atoms with Crippen molar-refractivity contribution in [2.75, 3.05) is 19.7 Å². The van der Waals surface area contributed by atoms with Crippen LogP contribution in [0.1, 0.15) is 50.5 Å². The van der Waals surface area contributed by atoms with Gasteiger partial charge >= 0.3 is 0 Å². The Hall–Kier alpha value is -2.61. The van der Waals surface area contributed by atoms with Crippen LogP contribution in [0, 0.1) is 18.3 Å². The second kappa shape index (κ2) is 10.8. The van der Waals surface area contributed by atoms with Crippen LogP contribution in [0.5, 0.6) is 5.75 Å². The van der Waals surface area contributed by atoms with Crippen molar-refractivity contribution in [3.63, 3.8) is 0 Å². The van der Waals surface area contributed by atoms with E-state index in [1.54, 1.807) is 0 Å². The van der Waals surface area contributed by atoms with Gasteiger partial charge < -0.3 is 25.2 Å². The van der Waals surface area contributed by atoms with Crippen molar-refractivity contribution in [1.82, 2.24) is 10.2 Å². The minimum absolute atomic E-state index is 0.0248. The lowest BCUT2D eigenvalue weighted by molar-refractivity contribution is -0.137. The molecule has 3 aliphatic rings. The summed E-state index contributed by atoms with van der Waals surface area (Å²) < 4.78 is 5.65. The number of nitrogens with zero attached hydrogens (tertiary/aromatic N) is 1. The van der Waals surface area contributed by atoms with E-state index in [1.807, 2.05) is 36.1 Å². The molecule has 8 nitrogen and oxygen atoms in total. The number of likely N-dealkylation sites (tertiary alicyclic amines) is 1. The Balaban J connectivity index is 0.000000913. The number of rotatable bonds is 5. The minimum atomic E-state index is -0.306. The number of piperidine rings is 1. The van der Waals surface area contributed by atoms with E-state index in [0.29, 0.717) is 12.8 Å². The summed E-state index contributed by atoms with van der Waals surface area (Å²) in [6, 6.07) is 7.93. The van der Waals surface area contributed by atoms with Crippen LogP contribution in [0.4, 0.5) is 0 Å². The van der Waals surface area contributed by atoms with Crippen molar-refractivity contribution in [3.05, 3.63) is 29.8 Å². The number of nitrogens with one attached hydrogen (secondary N) is 1. The maximum absolute atomic E-state index is 12.6. The maximum atomic E-state index is 12.6. The SMILES string of the molecule is Cc1ccc(OCC(=O)N2CCC3(CCCC3NC(=O)C3CC(O)C3)CC2)cc1.O=CO. The molecule has 2 aliphatic carbocycles. The molecule has 1 saturated heterocycles. The third-order valence-corrected chi connectivity index (χ3v) is 7.20. The summed E-state index contributed by atoms with van der Waals surface area (Å²) in [5.41, 5.74) is 1.28. The minimum Gasteiger partial charge on any atom is -0.484 e. The zero-order valence-electron chi connectivity index (χ0n) is 18.7. The van der Waals surface area contributed by atoms with E-state index in [1.165, 1.54) is 0 Å². The van der Waals surface area contributed by atoms with Crippen LogP contribution in [0.15, 0.2) is 24.3 Å². The number of carboxylic acid groups (broad SMARTS) is 1. The Labute approximate surface area is 188 Å². The number of aliphatic hydroxyl groups excluding tert-OH is 1. The number of hydrogen-bond donors (Lipinski definition) is 3. The Kier molecular flexibility index (Phi) is 8.12. The standard InChI is InChI=1S/C23H32N2O4.CH2O2/c1-16-4-6-19(7-5-16)29-15-21(27)25-11-9-23(10-12-25)8-2-3-20(23)24-22(28)17-13-18(26)14-17;2-1-3/h4-7,17-18,20,26H,2-3,8-15H2,1H3,(H,24,28);1H,(H,2,3). The fourth-order valence-electron chi connectivity index (χ4n) is 5.13. The van der Waals surface area contributed by atoms with Gasteiger partial charge in [0, 0.05) is 25.0 Å². The van der Waals surface area contributed by atoms with Crippen LogP contribution in [0.3, 0.4) is 0 Å². The highest BCUT2D eigenvalue weighted by atomic mass is 16.5. The van der Waals surface area contributed by atoms with E-state index < -0.39 is 0 Å². The summed E-state index contributed by atoms with van der Waals surface area (Å²) in [6.45, 7) is 3.29. The Morgan fingerprint density at radius 2 is 1.81 bits per heavy atom. The van der Waals surface area contributed by atoms with Crippen LogP contribution >= 0.6 is 0 Å². The number of amides is 2. The summed E-state index contributed by atoms with van der Waals surface area (Å²) in [5, 5.41) is 19.6. The Morgan fingerprint density at radius 3 is 2.41 bits per heavy atom. The second-order valence-electron chi connectivity index (χ2n) is 9.23. The fraction of sp³-hybridized carbons (Fsp3) is 0.625. The number of aryl methyl sites for hydroxylation is 1. The Morgan fingerprint density at radius 1 is 1.19 bits per heavy atom. The molecule has 3 fully saturated rings. The first-order valence-electron chi connectivity index (χ1n) is 11.4. The summed E-state index contributed by atoms with van der Waals surface area (Å²) in [5.74, 6) is 0.828. The molecule has 0 bridgehead atoms. The van der Waals surface area contributed by atoms with Gasteiger partial charge in [-0.2, -0.15) is 0 Å². The predicted octanol–water partition coefficient (Wildman–Crippen LogP) is 2.12. The van der Waals surface area contributed by atoms with Gasteiger partial charge in [0.2, 0.25) is 5.91 Å². The topological polar surface area (TPSA) is 116 Å². The molecule has 1 atom stereocenters. The van der Waals surface area contributed by atoms with E-state index in [4.69, 9.17) is 14.6 Å². The van der Waals surface area contributed by atoms with Crippen LogP contribution in [0.25, 0.3) is 0 Å². The first-order valence-corrected chi connectivity index (χ1v) is 11.4. The largest absolute Gasteiger partial charge is 0.484 e. The van der Waals surface area contributed by atoms with Crippen molar-refractivity contribution >= 4 is 18.3 Å². The Bertz CT molecular complexity index is 782. The molecule has 1 unspecified atom stereocenters. The molecular weight excluding hydrogens is 412 g/mol. The molecule has 4 rings (SSSR count). The first kappa shape index (κ1) is 24.0. The molecule has 1 heterocycles. The van der Waals surface area contributed by atoms with E-state index in [0.717, 1.165) is 56.5 Å². The van der Waals surface area contributed by atoms with Gasteiger partial charge in [0.05, 0.1) is 6.10 Å². The van der Waals surface area contributed by atoms with Crippen LogP contribution in [0.2, 0.25) is 0 Å². The lowest BCUT2D eigenvalue weighted by atomic mass is 9.73. The van der Waals surface area contributed by atoms with Gasteiger partial charge in [0.1, 0.15) is 5.75 Å². The quantitative estimate of drug-likeness (QED) is 0.597. The number of benzene rings is 1. The highest BCUT2D eigenvalue weighted by Gasteiger charge is 2.47. The molecule has 8 heteroatoms. The second-order valence-corrected chi connectivity index (χ2v) is 9.23. The molecule has 2 amide bonds. The normalized spacial score (nSPS) is 25.8. The summed E-state index contributed by atoms with van der Waals surface area (Å²) >= 11 is 0. The molecule has 0 radical (unpaired) electrons. The fourth-order valence-corrected chi connectivity index (χ4v) is 5.13. The molecule has 176 valence electrons. The van der Waals surface area contributed by atoms with E-state index in [9.17, 15) is 14.7 Å². The van der Waals surface area contributed by atoms with Crippen molar-refractivity contribution < 1.29 is 29.3 Å². The van der Waals surface area contributed by atoms with Gasteiger partial charge in [-0.1, -0.05) is 24.1 Å². The van der Waals surface area contributed by atoms with Gasteiger partial charge in [-0.15, -0.1) is 0 Å². The lowest BCUT2D eigenvalue weighted by Gasteiger charge is -2.44.